The molecular formula is C23H30N6O2. The average Bonchev–Trinajstić information content (AvgIpc) is 3.26. The lowest BCUT2D eigenvalue weighted by atomic mass is 10.0. The van der Waals surface area contributed by atoms with Gasteiger partial charge in [0.2, 0.25) is 5.91 Å². The molecule has 0 saturated carbocycles. The van der Waals surface area contributed by atoms with E-state index >= 15 is 0 Å². The number of aromatic nitrogens is 4. The van der Waals surface area contributed by atoms with Crippen LogP contribution in [0, 0.1) is 13.8 Å². The van der Waals surface area contributed by atoms with Gasteiger partial charge in [0.05, 0.1) is 19.6 Å². The first-order valence-electron chi connectivity index (χ1n) is 10.9. The summed E-state index contributed by atoms with van der Waals surface area (Å²) in [5.41, 5.74) is 3.81. The molecular weight excluding hydrogens is 392 g/mol. The molecule has 0 spiro atoms. The second-order valence-electron chi connectivity index (χ2n) is 8.10. The number of ether oxygens (including phenoxy) is 1. The molecule has 1 atom stereocenters. The summed E-state index contributed by atoms with van der Waals surface area (Å²) in [6, 6.07) is 8.32. The molecule has 164 valence electrons. The van der Waals surface area contributed by atoms with Gasteiger partial charge in [-0.3, -0.25) is 9.69 Å². The zero-order chi connectivity index (χ0) is 21.8. The highest BCUT2D eigenvalue weighted by Crippen LogP contribution is 2.26. The topological polar surface area (TPSA) is 84.6 Å². The largest absolute Gasteiger partial charge is 0.497 e. The SMILES string of the molecule is COc1ccc([C@H](CNC(=O)Cc2c(C)nc3ncnn3c2C)N2CCCCC2)cc1. The second-order valence-corrected chi connectivity index (χ2v) is 8.10. The lowest BCUT2D eigenvalue weighted by Crippen LogP contribution is -2.41. The molecule has 0 radical (unpaired) electrons. The van der Waals surface area contributed by atoms with Crippen molar-refractivity contribution >= 4 is 11.7 Å². The molecule has 0 bridgehead atoms. The summed E-state index contributed by atoms with van der Waals surface area (Å²) in [6.07, 6.45) is 5.42. The maximum absolute atomic E-state index is 12.9. The lowest BCUT2D eigenvalue weighted by molar-refractivity contribution is -0.120. The number of rotatable bonds is 7. The smallest absolute Gasteiger partial charge is 0.252 e. The summed E-state index contributed by atoms with van der Waals surface area (Å²) in [5.74, 6) is 1.39. The number of nitrogens with one attached hydrogen (secondary N) is 1. The van der Waals surface area contributed by atoms with Crippen LogP contribution in [0.3, 0.4) is 0 Å². The van der Waals surface area contributed by atoms with Crippen molar-refractivity contribution in [2.24, 2.45) is 0 Å². The Hall–Kier alpha value is -3.00. The van der Waals surface area contributed by atoms with Gasteiger partial charge >= 0.3 is 0 Å². The van der Waals surface area contributed by atoms with Crippen LogP contribution in [0.1, 0.15) is 47.8 Å². The fraction of sp³-hybridized carbons (Fsp3) is 0.478. The molecule has 1 aromatic carbocycles. The van der Waals surface area contributed by atoms with Gasteiger partial charge in [-0.05, 0) is 57.5 Å². The van der Waals surface area contributed by atoms with Gasteiger partial charge in [0.15, 0.2) is 0 Å². The number of fused-ring (bicyclic) bond motifs is 1. The molecule has 8 heteroatoms. The van der Waals surface area contributed by atoms with Gasteiger partial charge in [-0.25, -0.2) is 9.50 Å². The number of hydrogen-bond donors (Lipinski definition) is 1. The number of piperidine rings is 1. The van der Waals surface area contributed by atoms with E-state index in [1.165, 1.54) is 31.2 Å². The summed E-state index contributed by atoms with van der Waals surface area (Å²) in [5, 5.41) is 7.38. The highest BCUT2D eigenvalue weighted by atomic mass is 16.5. The molecule has 1 aliphatic heterocycles. The Morgan fingerprint density at radius 1 is 1.16 bits per heavy atom. The maximum atomic E-state index is 12.9. The van der Waals surface area contributed by atoms with Gasteiger partial charge in [-0.2, -0.15) is 10.1 Å². The zero-order valence-electron chi connectivity index (χ0n) is 18.5. The van der Waals surface area contributed by atoms with Gasteiger partial charge in [0.1, 0.15) is 12.1 Å². The molecule has 3 heterocycles. The van der Waals surface area contributed by atoms with E-state index < -0.39 is 0 Å². The number of carbonyl (C=O) groups is 1. The first kappa shape index (κ1) is 21.2. The number of hydrogen-bond acceptors (Lipinski definition) is 6. The van der Waals surface area contributed by atoms with Crippen LogP contribution < -0.4 is 10.1 Å². The Morgan fingerprint density at radius 3 is 2.61 bits per heavy atom. The molecule has 1 saturated heterocycles. The predicted octanol–water partition coefficient (Wildman–Crippen LogP) is 2.64. The van der Waals surface area contributed by atoms with Crippen molar-refractivity contribution in [3.05, 3.63) is 53.1 Å². The number of carbonyl (C=O) groups excluding carboxylic acids is 1. The van der Waals surface area contributed by atoms with Crippen molar-refractivity contribution in [3.8, 4) is 5.75 Å². The molecule has 31 heavy (non-hydrogen) atoms. The van der Waals surface area contributed by atoms with Crippen LogP contribution in [0.2, 0.25) is 0 Å². The van der Waals surface area contributed by atoms with E-state index in [9.17, 15) is 4.79 Å². The van der Waals surface area contributed by atoms with E-state index in [4.69, 9.17) is 4.74 Å². The third kappa shape index (κ3) is 4.69. The summed E-state index contributed by atoms with van der Waals surface area (Å²) in [7, 11) is 1.67. The maximum Gasteiger partial charge on any atom is 0.252 e. The number of amides is 1. The fourth-order valence-corrected chi connectivity index (χ4v) is 4.36. The van der Waals surface area contributed by atoms with Gasteiger partial charge in [0.25, 0.3) is 5.78 Å². The molecule has 3 aromatic rings. The van der Waals surface area contributed by atoms with Gasteiger partial charge < -0.3 is 10.1 Å². The van der Waals surface area contributed by atoms with Gasteiger partial charge in [0, 0.05) is 23.5 Å². The van der Waals surface area contributed by atoms with E-state index in [0.29, 0.717) is 12.3 Å². The molecule has 1 aliphatic rings. The van der Waals surface area contributed by atoms with Crippen LogP contribution in [0.15, 0.2) is 30.6 Å². The third-order valence-electron chi connectivity index (χ3n) is 6.15. The van der Waals surface area contributed by atoms with Crippen LogP contribution in [-0.4, -0.2) is 57.1 Å². The molecule has 0 unspecified atom stereocenters. The summed E-state index contributed by atoms with van der Waals surface area (Å²) < 4.78 is 6.99. The van der Waals surface area contributed by atoms with E-state index in [2.05, 4.69) is 37.4 Å². The molecule has 0 aliphatic carbocycles. The molecule has 2 aromatic heterocycles. The minimum Gasteiger partial charge on any atom is -0.497 e. The Morgan fingerprint density at radius 2 is 1.90 bits per heavy atom. The minimum atomic E-state index is -0.0111. The van der Waals surface area contributed by atoms with Crippen molar-refractivity contribution in [1.29, 1.82) is 0 Å². The van der Waals surface area contributed by atoms with Gasteiger partial charge in [-0.1, -0.05) is 18.6 Å². The molecule has 1 fully saturated rings. The second kappa shape index (κ2) is 9.43. The van der Waals surface area contributed by atoms with Crippen LogP contribution >= 0.6 is 0 Å². The Balaban J connectivity index is 1.48. The van der Waals surface area contributed by atoms with E-state index in [-0.39, 0.29) is 18.4 Å². The highest BCUT2D eigenvalue weighted by Gasteiger charge is 2.23. The van der Waals surface area contributed by atoms with Crippen molar-refractivity contribution < 1.29 is 9.53 Å². The first-order valence-corrected chi connectivity index (χ1v) is 10.9. The zero-order valence-corrected chi connectivity index (χ0v) is 18.5. The predicted molar refractivity (Wildman–Crippen MR) is 118 cm³/mol. The number of likely N-dealkylation sites (tertiary alicyclic amines) is 1. The Labute approximate surface area is 182 Å². The number of methoxy groups -OCH3 is 1. The normalized spacial score (nSPS) is 15.7. The standard InChI is InChI=1S/C23H30N6O2/c1-16-20(17(2)29-23(27-16)25-15-26-29)13-22(30)24-14-21(28-11-5-4-6-12-28)18-7-9-19(31-3)10-8-18/h7-10,15,21H,4-6,11-14H2,1-3H3,(H,24,30)/t21-/m0/s1. The van der Waals surface area contributed by atoms with Crippen LogP contribution in [0.25, 0.3) is 5.78 Å². The quantitative estimate of drug-likeness (QED) is 0.630. The average molecular weight is 423 g/mol. The first-order chi connectivity index (χ1) is 15.1. The Kier molecular flexibility index (Phi) is 6.46. The highest BCUT2D eigenvalue weighted by molar-refractivity contribution is 5.79. The van der Waals surface area contributed by atoms with Crippen molar-refractivity contribution in [1.82, 2.24) is 29.8 Å². The lowest BCUT2D eigenvalue weighted by Gasteiger charge is -2.35. The van der Waals surface area contributed by atoms with Crippen LogP contribution in [-0.2, 0) is 11.2 Å². The molecule has 1 amide bonds. The summed E-state index contributed by atoms with van der Waals surface area (Å²) in [6.45, 7) is 6.54. The van der Waals surface area contributed by atoms with E-state index in [1.807, 2.05) is 26.0 Å². The van der Waals surface area contributed by atoms with Crippen LogP contribution in [0.5, 0.6) is 5.75 Å². The summed E-state index contributed by atoms with van der Waals surface area (Å²) >= 11 is 0. The van der Waals surface area contributed by atoms with Crippen molar-refractivity contribution in [2.75, 3.05) is 26.7 Å². The third-order valence-corrected chi connectivity index (χ3v) is 6.15. The number of nitrogens with zero attached hydrogens (tertiary/aromatic N) is 5. The molecule has 8 nitrogen and oxygen atoms in total. The fourth-order valence-electron chi connectivity index (χ4n) is 4.36. The number of benzene rings is 1. The van der Waals surface area contributed by atoms with Crippen molar-refractivity contribution in [2.45, 2.75) is 45.6 Å². The van der Waals surface area contributed by atoms with Gasteiger partial charge in [-0.15, -0.1) is 0 Å². The van der Waals surface area contributed by atoms with Crippen LogP contribution in [0.4, 0.5) is 0 Å². The molecule has 1 N–H and O–H groups in total. The minimum absolute atomic E-state index is 0.0111. The van der Waals surface area contributed by atoms with Crippen molar-refractivity contribution in [3.63, 3.8) is 0 Å². The number of aryl methyl sites for hydroxylation is 2. The Bertz CT molecular complexity index is 1040. The van der Waals surface area contributed by atoms with E-state index in [1.54, 1.807) is 11.6 Å². The molecule has 4 rings (SSSR count). The van der Waals surface area contributed by atoms with E-state index in [0.717, 1.165) is 35.8 Å². The monoisotopic (exact) mass is 422 g/mol. The summed E-state index contributed by atoms with van der Waals surface area (Å²) in [4.78, 5) is 24.0.